The van der Waals surface area contributed by atoms with Crippen molar-refractivity contribution in [2.24, 2.45) is 5.10 Å². The number of aromatic nitrogens is 1. The van der Waals surface area contributed by atoms with E-state index in [2.05, 4.69) is 15.5 Å². The van der Waals surface area contributed by atoms with Crippen molar-refractivity contribution in [3.05, 3.63) is 59.7 Å². The van der Waals surface area contributed by atoms with Gasteiger partial charge in [0.05, 0.1) is 22.2 Å². The van der Waals surface area contributed by atoms with Crippen LogP contribution < -0.4 is 5.43 Å². The van der Waals surface area contributed by atoms with Gasteiger partial charge in [0.15, 0.2) is 4.34 Å². The van der Waals surface area contributed by atoms with E-state index in [9.17, 15) is 4.79 Å². The molecular formula is C17H15N3OS2. The molecule has 4 nitrogen and oxygen atoms in total. The standard InChI is InChI=1S/C17H15N3OS2/c1-12-6-8-13(9-7-12)10-18-20-16(21)11-22-17-19-14-4-2-3-5-15(14)23-17/h2-10H,11H2,1H3,(H,20,21)/b18-10-. The van der Waals surface area contributed by atoms with Gasteiger partial charge in [-0.2, -0.15) is 5.10 Å². The van der Waals surface area contributed by atoms with Crippen LogP contribution in [0, 0.1) is 6.92 Å². The van der Waals surface area contributed by atoms with Gasteiger partial charge in [-0.15, -0.1) is 11.3 Å². The molecule has 1 amide bonds. The van der Waals surface area contributed by atoms with E-state index >= 15 is 0 Å². The molecule has 0 saturated carbocycles. The van der Waals surface area contributed by atoms with Gasteiger partial charge in [-0.3, -0.25) is 4.79 Å². The number of para-hydroxylation sites is 1. The molecule has 3 rings (SSSR count). The van der Waals surface area contributed by atoms with Crippen LogP contribution in [0.25, 0.3) is 10.2 Å². The van der Waals surface area contributed by atoms with Crippen molar-refractivity contribution < 1.29 is 4.79 Å². The zero-order valence-corrected chi connectivity index (χ0v) is 14.2. The lowest BCUT2D eigenvalue weighted by atomic mass is 10.2. The Hall–Kier alpha value is -2.18. The summed E-state index contributed by atoms with van der Waals surface area (Å²) in [5.74, 6) is 0.156. The summed E-state index contributed by atoms with van der Waals surface area (Å²) in [5.41, 5.74) is 5.65. The fraction of sp³-hybridized carbons (Fsp3) is 0.118. The predicted octanol–water partition coefficient (Wildman–Crippen LogP) is 3.85. The number of amides is 1. The first kappa shape index (κ1) is 15.7. The zero-order valence-electron chi connectivity index (χ0n) is 12.5. The number of benzene rings is 2. The van der Waals surface area contributed by atoms with Crippen LogP contribution in [0.2, 0.25) is 0 Å². The lowest BCUT2D eigenvalue weighted by Gasteiger charge is -1.98. The van der Waals surface area contributed by atoms with Crippen LogP contribution in [0.3, 0.4) is 0 Å². The molecule has 0 aliphatic rings. The fourth-order valence-electron chi connectivity index (χ4n) is 1.90. The highest BCUT2D eigenvalue weighted by Gasteiger charge is 2.06. The van der Waals surface area contributed by atoms with Crippen LogP contribution in [0.5, 0.6) is 0 Å². The van der Waals surface area contributed by atoms with Gasteiger partial charge in [0.1, 0.15) is 0 Å². The highest BCUT2D eigenvalue weighted by Crippen LogP contribution is 2.28. The van der Waals surface area contributed by atoms with Crippen molar-refractivity contribution in [3.63, 3.8) is 0 Å². The van der Waals surface area contributed by atoms with Gasteiger partial charge in [-0.1, -0.05) is 53.7 Å². The summed E-state index contributed by atoms with van der Waals surface area (Å²) in [5, 5.41) is 3.97. The van der Waals surface area contributed by atoms with E-state index in [1.165, 1.54) is 17.3 Å². The predicted molar refractivity (Wildman–Crippen MR) is 97.3 cm³/mol. The van der Waals surface area contributed by atoms with Crippen LogP contribution in [0.1, 0.15) is 11.1 Å². The number of hydrogen-bond acceptors (Lipinski definition) is 5. The highest BCUT2D eigenvalue weighted by atomic mass is 32.2. The third-order valence-corrected chi connectivity index (χ3v) is 5.26. The number of carbonyl (C=O) groups is 1. The van der Waals surface area contributed by atoms with Gasteiger partial charge in [-0.25, -0.2) is 10.4 Å². The average molecular weight is 341 g/mol. The largest absolute Gasteiger partial charge is 0.272 e. The van der Waals surface area contributed by atoms with Gasteiger partial charge in [0, 0.05) is 0 Å². The number of aryl methyl sites for hydroxylation is 1. The molecule has 1 N–H and O–H groups in total. The lowest BCUT2D eigenvalue weighted by Crippen LogP contribution is -2.19. The summed E-state index contributed by atoms with van der Waals surface area (Å²) >= 11 is 3.02. The van der Waals surface area contributed by atoms with E-state index in [-0.39, 0.29) is 5.91 Å². The second-order valence-electron chi connectivity index (χ2n) is 4.94. The number of carbonyl (C=O) groups excluding carboxylic acids is 1. The molecule has 0 radical (unpaired) electrons. The van der Waals surface area contributed by atoms with Gasteiger partial charge in [0.2, 0.25) is 0 Å². The molecule has 0 spiro atoms. The van der Waals surface area contributed by atoms with Crippen molar-refractivity contribution in [2.45, 2.75) is 11.3 Å². The number of hydrazone groups is 1. The Morgan fingerprint density at radius 3 is 2.83 bits per heavy atom. The maximum atomic E-state index is 11.8. The van der Waals surface area contributed by atoms with Crippen molar-refractivity contribution in [1.29, 1.82) is 0 Å². The van der Waals surface area contributed by atoms with Gasteiger partial charge < -0.3 is 0 Å². The molecule has 0 aliphatic carbocycles. The van der Waals surface area contributed by atoms with E-state index < -0.39 is 0 Å². The first-order chi connectivity index (χ1) is 11.2. The van der Waals surface area contributed by atoms with Gasteiger partial charge in [-0.05, 0) is 24.6 Å². The highest BCUT2D eigenvalue weighted by molar-refractivity contribution is 8.01. The van der Waals surface area contributed by atoms with E-state index in [4.69, 9.17) is 0 Å². The number of nitrogens with one attached hydrogen (secondary N) is 1. The van der Waals surface area contributed by atoms with E-state index in [1.54, 1.807) is 17.6 Å². The summed E-state index contributed by atoms with van der Waals surface area (Å²) in [4.78, 5) is 16.3. The molecule has 1 aromatic heterocycles. The number of thioether (sulfide) groups is 1. The number of nitrogens with zero attached hydrogens (tertiary/aromatic N) is 2. The Bertz CT molecular complexity index is 807. The minimum Gasteiger partial charge on any atom is -0.272 e. The molecule has 2 aromatic carbocycles. The molecule has 0 saturated heterocycles. The molecule has 1 heterocycles. The molecule has 0 fully saturated rings. The fourth-order valence-corrected chi connectivity index (χ4v) is 3.76. The van der Waals surface area contributed by atoms with Crippen LogP contribution in [0.15, 0.2) is 58.0 Å². The molecule has 0 unspecified atom stereocenters. The van der Waals surface area contributed by atoms with Crippen LogP contribution in [-0.2, 0) is 4.79 Å². The first-order valence-corrected chi connectivity index (χ1v) is 8.88. The molecular weight excluding hydrogens is 326 g/mol. The summed E-state index contributed by atoms with van der Waals surface area (Å²) in [7, 11) is 0. The Morgan fingerprint density at radius 2 is 2.04 bits per heavy atom. The van der Waals surface area contributed by atoms with Crippen LogP contribution in [0.4, 0.5) is 0 Å². The normalized spacial score (nSPS) is 11.2. The van der Waals surface area contributed by atoms with Crippen molar-refractivity contribution >= 4 is 45.4 Å². The number of hydrogen-bond donors (Lipinski definition) is 1. The molecule has 6 heteroatoms. The minimum atomic E-state index is -0.141. The first-order valence-electron chi connectivity index (χ1n) is 7.08. The quantitative estimate of drug-likeness (QED) is 0.436. The Morgan fingerprint density at radius 1 is 1.26 bits per heavy atom. The van der Waals surface area contributed by atoms with E-state index in [0.29, 0.717) is 5.75 Å². The maximum Gasteiger partial charge on any atom is 0.250 e. The van der Waals surface area contributed by atoms with E-state index in [0.717, 1.165) is 20.1 Å². The molecule has 0 aliphatic heterocycles. The second-order valence-corrected chi connectivity index (χ2v) is 7.19. The monoisotopic (exact) mass is 341 g/mol. The van der Waals surface area contributed by atoms with Gasteiger partial charge in [0.25, 0.3) is 5.91 Å². The summed E-state index contributed by atoms with van der Waals surface area (Å²) in [6, 6.07) is 15.9. The number of thiazole rings is 1. The summed E-state index contributed by atoms with van der Waals surface area (Å²) < 4.78 is 2.02. The SMILES string of the molecule is Cc1ccc(/C=N\NC(=O)CSc2nc3ccccc3s2)cc1. The molecule has 0 bridgehead atoms. The van der Waals surface area contributed by atoms with Crippen LogP contribution >= 0.6 is 23.1 Å². The van der Waals surface area contributed by atoms with Crippen molar-refractivity contribution in [2.75, 3.05) is 5.75 Å². The van der Waals surface area contributed by atoms with E-state index in [1.807, 2.05) is 55.5 Å². The van der Waals surface area contributed by atoms with Crippen molar-refractivity contribution in [1.82, 2.24) is 10.4 Å². The Labute approximate surface area is 142 Å². The second kappa shape index (κ2) is 7.39. The average Bonchev–Trinajstić information content (AvgIpc) is 2.98. The Balaban J connectivity index is 1.50. The Kier molecular flexibility index (Phi) is 5.05. The minimum absolute atomic E-state index is 0.141. The zero-order chi connectivity index (χ0) is 16.1. The third kappa shape index (κ3) is 4.40. The molecule has 23 heavy (non-hydrogen) atoms. The summed E-state index contributed by atoms with van der Waals surface area (Å²) in [6.45, 7) is 2.03. The van der Waals surface area contributed by atoms with Crippen LogP contribution in [-0.4, -0.2) is 22.9 Å². The molecule has 116 valence electrons. The van der Waals surface area contributed by atoms with Gasteiger partial charge >= 0.3 is 0 Å². The topological polar surface area (TPSA) is 54.4 Å². The molecule has 0 atom stereocenters. The van der Waals surface area contributed by atoms with Crippen molar-refractivity contribution in [3.8, 4) is 0 Å². The molecule has 3 aromatic rings. The maximum absolute atomic E-state index is 11.8. The smallest absolute Gasteiger partial charge is 0.250 e. The summed E-state index contributed by atoms with van der Waals surface area (Å²) in [6.07, 6.45) is 1.64. The lowest BCUT2D eigenvalue weighted by molar-refractivity contribution is -0.118. The third-order valence-electron chi connectivity index (χ3n) is 3.08. The number of rotatable bonds is 5. The number of fused-ring (bicyclic) bond motifs is 1.